The van der Waals surface area contributed by atoms with Crippen molar-refractivity contribution in [3.63, 3.8) is 0 Å². The van der Waals surface area contributed by atoms with Crippen LogP contribution in [0.4, 0.5) is 5.69 Å². The third-order valence-corrected chi connectivity index (χ3v) is 5.86. The van der Waals surface area contributed by atoms with Gasteiger partial charge in [0.05, 0.1) is 41.2 Å². The molecule has 1 aromatic carbocycles. The molecule has 0 bridgehead atoms. The SMILES string of the molecule is O=[N+]([O-])c1cccc(-n2cccc2[C@H]2[C@@H](c3ccccn3)NC(=S)N2Cc2ccco2)c1. The van der Waals surface area contributed by atoms with Crippen molar-refractivity contribution >= 4 is 23.0 Å². The maximum Gasteiger partial charge on any atom is 0.271 e. The number of rotatable bonds is 6. The van der Waals surface area contributed by atoms with E-state index in [-0.39, 0.29) is 17.8 Å². The van der Waals surface area contributed by atoms with E-state index in [1.807, 2.05) is 59.3 Å². The van der Waals surface area contributed by atoms with Crippen molar-refractivity contribution in [2.24, 2.45) is 0 Å². The molecule has 2 atom stereocenters. The molecule has 1 saturated heterocycles. The summed E-state index contributed by atoms with van der Waals surface area (Å²) < 4.78 is 7.54. The molecule has 3 aromatic heterocycles. The Hall–Kier alpha value is -3.98. The predicted octanol–water partition coefficient (Wildman–Crippen LogP) is 4.55. The largest absolute Gasteiger partial charge is 0.467 e. The van der Waals surface area contributed by atoms with Gasteiger partial charge in [-0.05, 0) is 54.7 Å². The number of hydrogen-bond acceptors (Lipinski definition) is 5. The minimum Gasteiger partial charge on any atom is -0.467 e. The zero-order chi connectivity index (χ0) is 22.1. The molecule has 1 aliphatic rings. The lowest BCUT2D eigenvalue weighted by atomic mass is 10.0. The Morgan fingerprint density at radius 3 is 2.78 bits per heavy atom. The Labute approximate surface area is 189 Å². The highest BCUT2D eigenvalue weighted by Crippen LogP contribution is 2.40. The highest BCUT2D eigenvalue weighted by molar-refractivity contribution is 7.80. The van der Waals surface area contributed by atoms with Crippen molar-refractivity contribution < 1.29 is 9.34 Å². The number of benzene rings is 1. The molecular formula is C23H19N5O3S. The van der Waals surface area contributed by atoms with E-state index in [0.717, 1.165) is 17.1 Å². The van der Waals surface area contributed by atoms with Crippen LogP contribution in [0.15, 0.2) is 89.8 Å². The summed E-state index contributed by atoms with van der Waals surface area (Å²) in [5, 5.41) is 15.3. The van der Waals surface area contributed by atoms with Gasteiger partial charge in [-0.1, -0.05) is 12.1 Å². The Bertz CT molecular complexity index is 1260. The second kappa shape index (κ2) is 8.27. The number of pyridine rings is 1. The van der Waals surface area contributed by atoms with E-state index in [9.17, 15) is 10.1 Å². The molecule has 0 amide bonds. The van der Waals surface area contributed by atoms with Crippen LogP contribution in [0.3, 0.4) is 0 Å². The van der Waals surface area contributed by atoms with Crippen molar-refractivity contribution in [1.82, 2.24) is 19.8 Å². The number of furan rings is 1. The fourth-order valence-electron chi connectivity index (χ4n) is 4.09. The summed E-state index contributed by atoms with van der Waals surface area (Å²) in [4.78, 5) is 17.5. The summed E-state index contributed by atoms with van der Waals surface area (Å²) in [5.74, 6) is 0.786. The summed E-state index contributed by atoms with van der Waals surface area (Å²) in [6.07, 6.45) is 5.29. The molecule has 0 saturated carbocycles. The van der Waals surface area contributed by atoms with Crippen molar-refractivity contribution in [2.45, 2.75) is 18.6 Å². The van der Waals surface area contributed by atoms with E-state index in [0.29, 0.717) is 17.3 Å². The molecule has 0 spiro atoms. The van der Waals surface area contributed by atoms with E-state index < -0.39 is 4.92 Å². The van der Waals surface area contributed by atoms with Gasteiger partial charge in [-0.25, -0.2) is 0 Å². The van der Waals surface area contributed by atoms with Gasteiger partial charge in [0, 0.05) is 30.2 Å². The summed E-state index contributed by atoms with van der Waals surface area (Å²) in [6, 6.07) is 19.6. The Kier molecular flexibility index (Phi) is 5.16. The first-order valence-electron chi connectivity index (χ1n) is 10.0. The van der Waals surface area contributed by atoms with E-state index in [4.69, 9.17) is 16.6 Å². The number of thiocarbonyl (C=S) groups is 1. The minimum atomic E-state index is -0.390. The molecular weight excluding hydrogens is 426 g/mol. The van der Waals surface area contributed by atoms with Crippen molar-refractivity contribution in [1.29, 1.82) is 0 Å². The van der Waals surface area contributed by atoms with Crippen LogP contribution in [0.5, 0.6) is 0 Å². The molecule has 9 heteroatoms. The molecule has 1 fully saturated rings. The normalized spacial score (nSPS) is 18.0. The molecule has 0 aliphatic carbocycles. The number of nitrogens with one attached hydrogen (secondary N) is 1. The van der Waals surface area contributed by atoms with Crippen LogP contribution in [0, 0.1) is 10.1 Å². The van der Waals surface area contributed by atoms with Crippen LogP contribution in [0.25, 0.3) is 5.69 Å². The van der Waals surface area contributed by atoms with E-state index >= 15 is 0 Å². The van der Waals surface area contributed by atoms with Crippen molar-refractivity contribution in [2.75, 3.05) is 0 Å². The summed E-state index contributed by atoms with van der Waals surface area (Å²) in [6.45, 7) is 0.479. The van der Waals surface area contributed by atoms with Crippen LogP contribution in [-0.2, 0) is 6.54 Å². The Balaban J connectivity index is 1.61. The van der Waals surface area contributed by atoms with Crippen molar-refractivity contribution in [3.8, 4) is 5.69 Å². The summed E-state index contributed by atoms with van der Waals surface area (Å²) in [5.41, 5.74) is 2.53. The smallest absolute Gasteiger partial charge is 0.271 e. The Morgan fingerprint density at radius 1 is 1.12 bits per heavy atom. The zero-order valence-electron chi connectivity index (χ0n) is 16.9. The molecule has 160 valence electrons. The minimum absolute atomic E-state index is 0.0379. The van der Waals surface area contributed by atoms with Gasteiger partial charge in [-0.2, -0.15) is 0 Å². The average Bonchev–Trinajstić information content (AvgIpc) is 3.56. The van der Waals surface area contributed by atoms with E-state index in [1.165, 1.54) is 6.07 Å². The van der Waals surface area contributed by atoms with E-state index in [2.05, 4.69) is 15.2 Å². The molecule has 0 unspecified atom stereocenters. The van der Waals surface area contributed by atoms with Gasteiger partial charge in [0.1, 0.15) is 5.76 Å². The molecule has 4 aromatic rings. The first-order chi connectivity index (χ1) is 15.6. The number of hydrogen-bond donors (Lipinski definition) is 1. The lowest BCUT2D eigenvalue weighted by molar-refractivity contribution is -0.384. The topological polar surface area (TPSA) is 89.4 Å². The third-order valence-electron chi connectivity index (χ3n) is 5.51. The van der Waals surface area contributed by atoms with Gasteiger partial charge in [0.2, 0.25) is 0 Å². The number of non-ortho nitro benzene ring substituents is 1. The fraction of sp³-hybridized carbons (Fsp3) is 0.130. The monoisotopic (exact) mass is 445 g/mol. The van der Waals surface area contributed by atoms with Crippen LogP contribution in [0.2, 0.25) is 0 Å². The van der Waals surface area contributed by atoms with Gasteiger partial charge in [0.15, 0.2) is 5.11 Å². The lowest BCUT2D eigenvalue weighted by Gasteiger charge is -2.28. The maximum atomic E-state index is 11.3. The summed E-state index contributed by atoms with van der Waals surface area (Å²) >= 11 is 5.70. The fourth-order valence-corrected chi connectivity index (χ4v) is 4.40. The number of nitro groups is 1. The van der Waals surface area contributed by atoms with Crippen LogP contribution in [-0.4, -0.2) is 24.5 Å². The van der Waals surface area contributed by atoms with E-state index in [1.54, 1.807) is 24.6 Å². The van der Waals surface area contributed by atoms with Gasteiger partial charge < -0.3 is 19.2 Å². The van der Waals surface area contributed by atoms with Crippen LogP contribution >= 0.6 is 12.2 Å². The lowest BCUT2D eigenvalue weighted by Crippen LogP contribution is -2.29. The first kappa shape index (κ1) is 20.0. The van der Waals surface area contributed by atoms with Crippen LogP contribution in [0.1, 0.15) is 29.2 Å². The van der Waals surface area contributed by atoms with Gasteiger partial charge in [0.25, 0.3) is 5.69 Å². The van der Waals surface area contributed by atoms with Gasteiger partial charge in [-0.15, -0.1) is 0 Å². The average molecular weight is 446 g/mol. The summed E-state index contributed by atoms with van der Waals surface area (Å²) in [7, 11) is 0. The molecule has 1 aliphatic heterocycles. The second-order valence-corrected chi connectivity index (χ2v) is 7.80. The third kappa shape index (κ3) is 3.63. The highest BCUT2D eigenvalue weighted by Gasteiger charge is 2.41. The van der Waals surface area contributed by atoms with Gasteiger partial charge in [-0.3, -0.25) is 15.1 Å². The predicted molar refractivity (Wildman–Crippen MR) is 122 cm³/mol. The standard InChI is InChI=1S/C23H19N5O3S/c29-28(30)17-7-3-6-16(14-17)26-12-4-10-20(26)22-21(19-9-1-2-11-24-19)25-23(32)27(22)15-18-8-5-13-31-18/h1-14,21-22H,15H2,(H,25,32)/t21-,22+/m1/s1. The molecule has 32 heavy (non-hydrogen) atoms. The maximum absolute atomic E-state index is 11.3. The zero-order valence-corrected chi connectivity index (χ0v) is 17.7. The quantitative estimate of drug-likeness (QED) is 0.265. The second-order valence-electron chi connectivity index (χ2n) is 7.41. The Morgan fingerprint density at radius 2 is 2.03 bits per heavy atom. The van der Waals surface area contributed by atoms with Crippen molar-refractivity contribution in [3.05, 3.63) is 113 Å². The van der Waals surface area contributed by atoms with Gasteiger partial charge >= 0.3 is 0 Å². The number of nitro benzene ring substituents is 1. The molecule has 5 rings (SSSR count). The highest BCUT2D eigenvalue weighted by atomic mass is 32.1. The molecule has 4 heterocycles. The molecule has 8 nitrogen and oxygen atoms in total. The van der Waals surface area contributed by atoms with Crippen LogP contribution < -0.4 is 5.32 Å². The first-order valence-corrected chi connectivity index (χ1v) is 10.4. The number of nitrogens with zero attached hydrogens (tertiary/aromatic N) is 4. The number of aromatic nitrogens is 2. The molecule has 0 radical (unpaired) electrons. The molecule has 1 N–H and O–H groups in total.